The third-order valence-electron chi connectivity index (χ3n) is 7.39. The van der Waals surface area contributed by atoms with Crippen LogP contribution in [0.3, 0.4) is 0 Å². The molecule has 6 aromatic carbocycles. The summed E-state index contributed by atoms with van der Waals surface area (Å²) in [7, 11) is -1.52. The van der Waals surface area contributed by atoms with Gasteiger partial charge in [0.2, 0.25) is 0 Å². The number of hydrogen-bond donors (Lipinski definition) is 0. The Morgan fingerprint density at radius 3 is 1.39 bits per heavy atom. The van der Waals surface area contributed by atoms with Crippen LogP contribution >= 0.6 is 27.4 Å². The predicted octanol–water partition coefficient (Wildman–Crippen LogP) is 8.88. The SMILES string of the molecule is ClC(CCP(c1ccccc1)c1ccccc1)(c1cccc2ccccc12)P(c1ccccc1)c1ccccc1.[Ni]. The van der Waals surface area contributed by atoms with Gasteiger partial charge < -0.3 is 0 Å². The molecule has 206 valence electrons. The van der Waals surface area contributed by atoms with Crippen LogP contribution in [0, 0.1) is 0 Å². The van der Waals surface area contributed by atoms with Crippen molar-refractivity contribution in [2.45, 2.75) is 11.0 Å². The van der Waals surface area contributed by atoms with Gasteiger partial charge in [-0.15, -0.1) is 11.6 Å². The Bertz CT molecular complexity index is 1580. The Morgan fingerprint density at radius 2 is 0.878 bits per heavy atom. The standard InChI is InChI=1S/C37H31ClP2.Ni/c38-37(36-27-15-17-30-16-13-14-26-35(30)36,40(33-22-9-3-10-23-33)34-24-11-4-12-25-34)28-29-39(31-18-5-1-6-19-31)32-20-7-2-8-21-32;/h1-27H,28-29H2;. The smallest absolute Gasteiger partial charge is 0.0979 e. The minimum Gasteiger partial charge on any atom is -0.108 e. The summed E-state index contributed by atoms with van der Waals surface area (Å²) in [6.45, 7) is 0. The van der Waals surface area contributed by atoms with Crippen LogP contribution in [0.2, 0.25) is 0 Å². The van der Waals surface area contributed by atoms with E-state index >= 15 is 0 Å². The molecule has 41 heavy (non-hydrogen) atoms. The maximum Gasteiger partial charge on any atom is 0.0979 e. The first-order chi connectivity index (χ1) is 19.7. The van der Waals surface area contributed by atoms with Crippen LogP contribution in [-0.4, -0.2) is 6.16 Å². The van der Waals surface area contributed by atoms with E-state index in [0.717, 1.165) is 12.6 Å². The van der Waals surface area contributed by atoms with Crippen molar-refractivity contribution in [3.8, 4) is 0 Å². The molecule has 0 aromatic heterocycles. The molecule has 0 amide bonds. The van der Waals surface area contributed by atoms with E-state index in [1.165, 1.54) is 37.6 Å². The fourth-order valence-corrected chi connectivity index (χ4v) is 11.9. The van der Waals surface area contributed by atoms with E-state index < -0.39 is 20.5 Å². The summed E-state index contributed by atoms with van der Waals surface area (Å²) in [5, 5.41) is 7.86. The van der Waals surface area contributed by atoms with Crippen molar-refractivity contribution >= 4 is 59.4 Å². The summed E-state index contributed by atoms with van der Waals surface area (Å²) < 4.78 is -0.608. The van der Waals surface area contributed by atoms with Crippen LogP contribution in [0.15, 0.2) is 164 Å². The summed E-state index contributed by atoms with van der Waals surface area (Å²) >= 11 is 8.24. The van der Waals surface area contributed by atoms with Gasteiger partial charge in [-0.3, -0.25) is 0 Å². The van der Waals surface area contributed by atoms with Gasteiger partial charge in [0, 0.05) is 16.5 Å². The summed E-state index contributed by atoms with van der Waals surface area (Å²) in [6, 6.07) is 59.1. The Kier molecular flexibility index (Phi) is 10.1. The molecular formula is C37H31ClNiP2. The summed E-state index contributed by atoms with van der Waals surface area (Å²) in [5.74, 6) is 0. The van der Waals surface area contributed by atoms with Crippen LogP contribution in [0.25, 0.3) is 10.8 Å². The number of alkyl halides is 1. The Labute approximate surface area is 261 Å². The van der Waals surface area contributed by atoms with Gasteiger partial charge in [-0.25, -0.2) is 0 Å². The fourth-order valence-electron chi connectivity index (χ4n) is 5.52. The minimum atomic E-state index is -0.939. The molecule has 1 unspecified atom stereocenters. The van der Waals surface area contributed by atoms with Crippen LogP contribution in [0.1, 0.15) is 12.0 Å². The Hall–Kier alpha value is -2.78. The first-order valence-electron chi connectivity index (χ1n) is 13.7. The number of fused-ring (bicyclic) bond motifs is 1. The molecule has 6 aromatic rings. The zero-order valence-electron chi connectivity index (χ0n) is 22.6. The van der Waals surface area contributed by atoms with E-state index in [0.29, 0.717) is 0 Å². The van der Waals surface area contributed by atoms with Crippen molar-refractivity contribution in [3.63, 3.8) is 0 Å². The van der Waals surface area contributed by atoms with Gasteiger partial charge in [-0.2, -0.15) is 0 Å². The van der Waals surface area contributed by atoms with Crippen LogP contribution in [0.4, 0.5) is 0 Å². The predicted molar refractivity (Wildman–Crippen MR) is 179 cm³/mol. The molecule has 1 atom stereocenters. The third-order valence-corrected chi connectivity index (χ3v) is 13.6. The van der Waals surface area contributed by atoms with Crippen LogP contribution in [0.5, 0.6) is 0 Å². The molecular weight excluding hydrogens is 601 g/mol. The molecule has 0 N–H and O–H groups in total. The summed E-state index contributed by atoms with van der Waals surface area (Å²) in [5.41, 5.74) is 1.22. The molecule has 0 fully saturated rings. The van der Waals surface area contributed by atoms with Crippen molar-refractivity contribution in [3.05, 3.63) is 169 Å². The Morgan fingerprint density at radius 1 is 0.463 bits per heavy atom. The molecule has 0 saturated carbocycles. The maximum absolute atomic E-state index is 8.24. The molecule has 0 bridgehead atoms. The quantitative estimate of drug-likeness (QED) is 0.0850. The molecule has 0 radical (unpaired) electrons. The van der Waals surface area contributed by atoms with E-state index in [2.05, 4.69) is 164 Å². The number of halogens is 1. The minimum absolute atomic E-state index is 0. The monoisotopic (exact) mass is 630 g/mol. The van der Waals surface area contributed by atoms with Gasteiger partial charge in [0.05, 0.1) is 4.62 Å². The van der Waals surface area contributed by atoms with E-state index in [1.54, 1.807) is 0 Å². The van der Waals surface area contributed by atoms with Crippen molar-refractivity contribution in [2.75, 3.05) is 6.16 Å². The van der Waals surface area contributed by atoms with Gasteiger partial charge in [-0.1, -0.05) is 164 Å². The molecule has 0 aliphatic heterocycles. The number of hydrogen-bond acceptors (Lipinski definition) is 0. The molecule has 6 rings (SSSR count). The normalized spacial score (nSPS) is 12.7. The van der Waals surface area contributed by atoms with Gasteiger partial charge in [-0.05, 0) is 66.0 Å². The van der Waals surface area contributed by atoms with E-state index in [9.17, 15) is 0 Å². The van der Waals surface area contributed by atoms with Crippen molar-refractivity contribution < 1.29 is 16.5 Å². The van der Waals surface area contributed by atoms with Crippen molar-refractivity contribution in [2.24, 2.45) is 0 Å². The van der Waals surface area contributed by atoms with Gasteiger partial charge in [0.15, 0.2) is 0 Å². The second kappa shape index (κ2) is 13.9. The fraction of sp³-hybridized carbons (Fsp3) is 0.0811. The maximum atomic E-state index is 8.24. The molecule has 0 spiro atoms. The Balaban J connectivity index is 0.00000337. The molecule has 0 aliphatic rings. The zero-order chi connectivity index (χ0) is 27.2. The van der Waals surface area contributed by atoms with E-state index in [4.69, 9.17) is 11.6 Å². The second-order valence-electron chi connectivity index (χ2n) is 9.87. The van der Waals surface area contributed by atoms with Gasteiger partial charge >= 0.3 is 0 Å². The van der Waals surface area contributed by atoms with Gasteiger partial charge in [0.1, 0.15) is 0 Å². The zero-order valence-corrected chi connectivity index (χ0v) is 26.1. The number of benzene rings is 6. The topological polar surface area (TPSA) is 0 Å². The van der Waals surface area contributed by atoms with Gasteiger partial charge in [0.25, 0.3) is 0 Å². The molecule has 0 heterocycles. The first kappa shape index (κ1) is 29.7. The van der Waals surface area contributed by atoms with Crippen LogP contribution < -0.4 is 21.2 Å². The van der Waals surface area contributed by atoms with Crippen LogP contribution in [-0.2, 0) is 21.1 Å². The van der Waals surface area contributed by atoms with E-state index in [-0.39, 0.29) is 16.5 Å². The molecule has 0 saturated heterocycles. The number of rotatable bonds is 9. The molecule has 0 aliphatic carbocycles. The van der Waals surface area contributed by atoms with E-state index in [1.807, 2.05) is 0 Å². The average molecular weight is 632 g/mol. The molecule has 4 heteroatoms. The average Bonchev–Trinajstić information content (AvgIpc) is 3.03. The molecule has 0 nitrogen and oxygen atoms in total. The third kappa shape index (κ3) is 6.51. The largest absolute Gasteiger partial charge is 0.108 e. The second-order valence-corrected chi connectivity index (χ2v) is 15.6. The first-order valence-corrected chi connectivity index (χ1v) is 16.9. The summed E-state index contributed by atoms with van der Waals surface area (Å²) in [6.07, 6.45) is 1.85. The van der Waals surface area contributed by atoms with Crippen molar-refractivity contribution in [1.82, 2.24) is 0 Å². The summed E-state index contributed by atoms with van der Waals surface area (Å²) in [4.78, 5) is 0. The van der Waals surface area contributed by atoms with Crippen molar-refractivity contribution in [1.29, 1.82) is 0 Å².